The third-order valence-corrected chi connectivity index (χ3v) is 5.15. The molecular formula is C13H11Br3N2O2S. The van der Waals surface area contributed by atoms with Crippen molar-refractivity contribution in [3.63, 3.8) is 0 Å². The summed E-state index contributed by atoms with van der Waals surface area (Å²) in [6.45, 7) is 3.90. The molecule has 0 saturated carbocycles. The fraction of sp³-hybridized carbons (Fsp3) is 0.231. The van der Waals surface area contributed by atoms with Gasteiger partial charge in [-0.1, -0.05) is 15.9 Å². The van der Waals surface area contributed by atoms with Crippen molar-refractivity contribution in [2.45, 2.75) is 13.8 Å². The number of carbonyl (C=O) groups is 1. The normalized spacial score (nSPS) is 10.5. The summed E-state index contributed by atoms with van der Waals surface area (Å²) >= 11 is 11.7. The minimum atomic E-state index is -0.365. The maximum Gasteiger partial charge on any atom is 0.343 e. The van der Waals surface area contributed by atoms with E-state index >= 15 is 0 Å². The van der Waals surface area contributed by atoms with Crippen LogP contribution in [-0.4, -0.2) is 16.9 Å². The van der Waals surface area contributed by atoms with Gasteiger partial charge >= 0.3 is 5.97 Å². The summed E-state index contributed by atoms with van der Waals surface area (Å²) in [7, 11) is 0. The van der Waals surface area contributed by atoms with Crippen LogP contribution in [0.4, 0.5) is 10.7 Å². The molecule has 0 radical (unpaired) electrons. The first-order valence-electron chi connectivity index (χ1n) is 5.99. The number of nitrogens with zero attached hydrogens (tertiary/aromatic N) is 1. The molecule has 0 atom stereocenters. The number of aryl methyl sites for hydroxylation is 1. The van der Waals surface area contributed by atoms with E-state index in [4.69, 9.17) is 4.74 Å². The van der Waals surface area contributed by atoms with Gasteiger partial charge in [-0.05, 0) is 69.4 Å². The average Bonchev–Trinajstić information content (AvgIpc) is 2.75. The molecule has 0 aliphatic carbocycles. The summed E-state index contributed by atoms with van der Waals surface area (Å²) in [5, 5.41) is 3.90. The Hall–Kier alpha value is -0.440. The van der Waals surface area contributed by atoms with Crippen molar-refractivity contribution < 1.29 is 9.53 Å². The van der Waals surface area contributed by atoms with Crippen LogP contribution in [-0.2, 0) is 4.74 Å². The summed E-state index contributed by atoms with van der Waals surface area (Å²) in [5.74, 6) is -0.365. The first-order valence-corrected chi connectivity index (χ1v) is 9.14. The van der Waals surface area contributed by atoms with E-state index in [1.807, 2.05) is 12.1 Å². The van der Waals surface area contributed by atoms with Gasteiger partial charge < -0.3 is 10.1 Å². The molecule has 112 valence electrons. The number of hydrogen-bond acceptors (Lipinski definition) is 5. The number of halogens is 3. The lowest BCUT2D eigenvalue weighted by Crippen LogP contribution is -2.07. The number of benzene rings is 1. The molecule has 1 heterocycles. The summed E-state index contributed by atoms with van der Waals surface area (Å²) in [4.78, 5) is 12.0. The Morgan fingerprint density at radius 1 is 1.33 bits per heavy atom. The summed E-state index contributed by atoms with van der Waals surface area (Å²) < 4.78 is 12.0. The molecule has 1 N–H and O–H groups in total. The molecule has 0 aliphatic rings. The van der Waals surface area contributed by atoms with E-state index in [2.05, 4.69) is 57.5 Å². The molecule has 2 rings (SSSR count). The highest BCUT2D eigenvalue weighted by Gasteiger charge is 2.21. The van der Waals surface area contributed by atoms with E-state index in [0.29, 0.717) is 22.9 Å². The van der Waals surface area contributed by atoms with E-state index in [-0.39, 0.29) is 5.97 Å². The van der Waals surface area contributed by atoms with Crippen LogP contribution < -0.4 is 5.32 Å². The minimum absolute atomic E-state index is 0.333. The summed E-state index contributed by atoms with van der Waals surface area (Å²) in [5.41, 5.74) is 1.96. The molecule has 0 bridgehead atoms. The molecule has 0 fully saturated rings. The van der Waals surface area contributed by atoms with Gasteiger partial charge in [-0.25, -0.2) is 4.79 Å². The Balaban J connectivity index is 2.39. The van der Waals surface area contributed by atoms with Gasteiger partial charge in [-0.3, -0.25) is 0 Å². The fourth-order valence-electron chi connectivity index (χ4n) is 1.67. The van der Waals surface area contributed by atoms with E-state index in [1.165, 1.54) is 11.5 Å². The monoisotopic (exact) mass is 496 g/mol. The Labute approximate surface area is 151 Å². The van der Waals surface area contributed by atoms with E-state index in [9.17, 15) is 4.79 Å². The molecule has 21 heavy (non-hydrogen) atoms. The number of rotatable bonds is 4. The van der Waals surface area contributed by atoms with Gasteiger partial charge in [0.2, 0.25) is 0 Å². The molecule has 0 amide bonds. The van der Waals surface area contributed by atoms with Crippen molar-refractivity contribution in [2.75, 3.05) is 11.9 Å². The number of ether oxygens (including phenoxy) is 1. The van der Waals surface area contributed by atoms with Gasteiger partial charge in [-0.15, -0.1) is 0 Å². The van der Waals surface area contributed by atoms with Crippen molar-refractivity contribution in [1.82, 2.24) is 4.37 Å². The molecule has 0 aliphatic heterocycles. The molecule has 2 aromatic rings. The zero-order chi connectivity index (χ0) is 15.6. The molecule has 0 spiro atoms. The van der Waals surface area contributed by atoms with Crippen molar-refractivity contribution in [3.05, 3.63) is 36.8 Å². The number of carbonyl (C=O) groups excluding carboxylic acids is 1. The Kier molecular flexibility index (Phi) is 5.81. The number of aromatic nitrogens is 1. The lowest BCUT2D eigenvalue weighted by atomic mass is 10.2. The van der Waals surface area contributed by atoms with Crippen LogP contribution in [0.2, 0.25) is 0 Å². The van der Waals surface area contributed by atoms with Gasteiger partial charge in [0, 0.05) is 13.4 Å². The van der Waals surface area contributed by atoms with E-state index < -0.39 is 0 Å². The van der Waals surface area contributed by atoms with E-state index in [1.54, 1.807) is 13.8 Å². The zero-order valence-corrected chi connectivity index (χ0v) is 16.7. The van der Waals surface area contributed by atoms with Crippen LogP contribution in [0.15, 0.2) is 25.6 Å². The first-order chi connectivity index (χ1) is 9.93. The van der Waals surface area contributed by atoms with Gasteiger partial charge in [0.1, 0.15) is 10.6 Å². The fourth-order valence-corrected chi connectivity index (χ4v) is 4.92. The van der Waals surface area contributed by atoms with Gasteiger partial charge in [0.25, 0.3) is 0 Å². The molecule has 8 heteroatoms. The average molecular weight is 499 g/mol. The van der Waals surface area contributed by atoms with Crippen molar-refractivity contribution in [1.29, 1.82) is 0 Å². The van der Waals surface area contributed by atoms with Crippen LogP contribution in [0.3, 0.4) is 0 Å². The van der Waals surface area contributed by atoms with Gasteiger partial charge in [0.05, 0.1) is 18.0 Å². The maximum absolute atomic E-state index is 12.0. The van der Waals surface area contributed by atoms with Crippen LogP contribution in [0.1, 0.15) is 23.0 Å². The lowest BCUT2D eigenvalue weighted by Gasteiger charge is -2.11. The second-order valence-corrected chi connectivity index (χ2v) is 7.46. The molecule has 0 saturated heterocycles. The zero-order valence-electron chi connectivity index (χ0n) is 11.2. The second-order valence-electron chi connectivity index (χ2n) is 4.06. The molecule has 1 aromatic carbocycles. The number of anilines is 2. The highest BCUT2D eigenvalue weighted by molar-refractivity contribution is 9.11. The molecule has 0 unspecified atom stereocenters. The number of esters is 1. The Bertz CT molecular complexity index is 665. The Morgan fingerprint density at radius 3 is 2.52 bits per heavy atom. The predicted molar refractivity (Wildman–Crippen MR) is 95.6 cm³/mol. The highest BCUT2D eigenvalue weighted by atomic mass is 79.9. The van der Waals surface area contributed by atoms with Crippen LogP contribution in [0.25, 0.3) is 0 Å². The van der Waals surface area contributed by atoms with Crippen molar-refractivity contribution in [3.8, 4) is 0 Å². The van der Waals surface area contributed by atoms with Gasteiger partial charge in [-0.2, -0.15) is 4.37 Å². The van der Waals surface area contributed by atoms with E-state index in [0.717, 1.165) is 19.1 Å². The van der Waals surface area contributed by atoms with Crippen molar-refractivity contribution in [2.24, 2.45) is 0 Å². The number of nitrogens with one attached hydrogen (secondary N) is 1. The summed E-state index contributed by atoms with van der Waals surface area (Å²) in [6, 6.07) is 3.84. The molecule has 1 aromatic heterocycles. The number of hydrogen-bond donors (Lipinski definition) is 1. The SMILES string of the molecule is CCOC(=O)c1c(C)nsc1Nc1c(Br)cc(Br)cc1Br. The lowest BCUT2D eigenvalue weighted by molar-refractivity contribution is 0.0527. The third-order valence-electron chi connectivity index (χ3n) is 2.59. The van der Waals surface area contributed by atoms with Gasteiger partial charge in [0.15, 0.2) is 0 Å². The molecular weight excluding hydrogens is 488 g/mol. The van der Waals surface area contributed by atoms with Crippen LogP contribution in [0.5, 0.6) is 0 Å². The largest absolute Gasteiger partial charge is 0.462 e. The van der Waals surface area contributed by atoms with Crippen molar-refractivity contribution >= 4 is 76.0 Å². The topological polar surface area (TPSA) is 51.2 Å². The minimum Gasteiger partial charge on any atom is -0.462 e. The third kappa shape index (κ3) is 3.85. The van der Waals surface area contributed by atoms with Crippen LogP contribution in [0, 0.1) is 6.92 Å². The maximum atomic E-state index is 12.0. The smallest absolute Gasteiger partial charge is 0.343 e. The second kappa shape index (κ2) is 7.21. The first kappa shape index (κ1) is 16.9. The molecule has 4 nitrogen and oxygen atoms in total. The predicted octanol–water partition coefficient (Wildman–Crippen LogP) is 5.66. The Morgan fingerprint density at radius 2 is 1.95 bits per heavy atom. The standard InChI is InChI=1S/C13H11Br3N2O2S/c1-3-20-13(19)10-6(2)18-21-12(10)17-11-8(15)4-7(14)5-9(11)16/h4-5,17H,3H2,1-2H3. The van der Waals surface area contributed by atoms with Crippen LogP contribution >= 0.6 is 59.3 Å². The summed E-state index contributed by atoms with van der Waals surface area (Å²) in [6.07, 6.45) is 0. The quantitative estimate of drug-likeness (QED) is 0.553. The highest BCUT2D eigenvalue weighted by Crippen LogP contribution is 2.38.